The first-order valence-electron chi connectivity index (χ1n) is 13.3. The van der Waals surface area contributed by atoms with E-state index in [4.69, 9.17) is 0 Å². The van der Waals surface area contributed by atoms with Crippen LogP contribution >= 0.6 is 23.1 Å². The van der Waals surface area contributed by atoms with Gasteiger partial charge in [0.2, 0.25) is 11.8 Å². The Bertz CT molecular complexity index is 1130. The number of hydrogen-bond donors (Lipinski definition) is 0. The van der Waals surface area contributed by atoms with Crippen molar-refractivity contribution >= 4 is 34.9 Å². The molecule has 1 saturated heterocycles. The summed E-state index contributed by atoms with van der Waals surface area (Å²) in [6.45, 7) is 6.13. The average molecular weight is 540 g/mol. The molecule has 4 rings (SSSR count). The molecule has 2 amide bonds. The van der Waals surface area contributed by atoms with E-state index in [0.717, 1.165) is 46.6 Å². The molecule has 7 nitrogen and oxygen atoms in total. The minimum atomic E-state index is 0.0749. The van der Waals surface area contributed by atoms with Gasteiger partial charge in [-0.05, 0) is 43.3 Å². The molecule has 0 radical (unpaired) electrons. The van der Waals surface area contributed by atoms with Crippen molar-refractivity contribution in [2.45, 2.75) is 70.0 Å². The number of rotatable bonds is 12. The van der Waals surface area contributed by atoms with Crippen LogP contribution in [-0.2, 0) is 9.59 Å². The number of aromatic nitrogens is 3. The molecule has 0 saturated carbocycles. The molecule has 198 valence electrons. The van der Waals surface area contributed by atoms with Crippen molar-refractivity contribution in [2.24, 2.45) is 0 Å². The van der Waals surface area contributed by atoms with Gasteiger partial charge in [0.05, 0.1) is 4.88 Å². The predicted octanol–water partition coefficient (Wildman–Crippen LogP) is 5.90. The molecule has 0 spiro atoms. The molecule has 2 aromatic heterocycles. The Morgan fingerprint density at radius 1 is 0.973 bits per heavy atom. The molecule has 37 heavy (non-hydrogen) atoms. The first-order chi connectivity index (χ1) is 18.1. The van der Waals surface area contributed by atoms with Gasteiger partial charge in [0.15, 0.2) is 11.0 Å². The summed E-state index contributed by atoms with van der Waals surface area (Å²) in [6, 6.07) is 14.3. The third-order valence-electron chi connectivity index (χ3n) is 6.70. The van der Waals surface area contributed by atoms with Gasteiger partial charge in [-0.1, -0.05) is 62.2 Å². The van der Waals surface area contributed by atoms with Gasteiger partial charge >= 0.3 is 0 Å². The fraction of sp³-hybridized carbons (Fsp3) is 0.500. The molecule has 3 aromatic rings. The van der Waals surface area contributed by atoms with Gasteiger partial charge < -0.3 is 9.80 Å². The summed E-state index contributed by atoms with van der Waals surface area (Å²) in [4.78, 5) is 30.5. The molecule has 0 N–H and O–H groups in total. The summed E-state index contributed by atoms with van der Waals surface area (Å²) in [6.07, 6.45) is 6.33. The summed E-state index contributed by atoms with van der Waals surface area (Å²) in [5.74, 6) is 2.03. The van der Waals surface area contributed by atoms with Crippen LogP contribution in [0.25, 0.3) is 16.4 Å². The number of nitrogens with zero attached hydrogens (tertiary/aromatic N) is 5. The van der Waals surface area contributed by atoms with Crippen LogP contribution in [0.1, 0.15) is 58.8 Å². The lowest BCUT2D eigenvalue weighted by Crippen LogP contribution is -2.55. The van der Waals surface area contributed by atoms with Gasteiger partial charge in [0.25, 0.3) is 0 Å². The SMILES string of the molecule is CCCCCCC(=O)N1CCN(C(=O)CCCSc2nnc(-c3cccs3)n2-c2ccccc2)CC1C. The highest BCUT2D eigenvalue weighted by molar-refractivity contribution is 7.99. The quantitative estimate of drug-likeness (QED) is 0.212. The fourth-order valence-electron chi connectivity index (χ4n) is 4.68. The number of para-hydroxylation sites is 1. The lowest BCUT2D eigenvalue weighted by Gasteiger charge is -2.40. The van der Waals surface area contributed by atoms with E-state index in [2.05, 4.69) is 46.8 Å². The van der Waals surface area contributed by atoms with Gasteiger partial charge in [0.1, 0.15) is 0 Å². The first-order valence-corrected chi connectivity index (χ1v) is 15.2. The number of thiophene rings is 1. The number of unbranched alkanes of at least 4 members (excludes halogenated alkanes) is 3. The van der Waals surface area contributed by atoms with Crippen LogP contribution in [0, 0.1) is 0 Å². The molecule has 1 aliphatic heterocycles. The van der Waals surface area contributed by atoms with E-state index < -0.39 is 0 Å². The molecule has 1 aromatic carbocycles. The third kappa shape index (κ3) is 7.23. The normalized spacial score (nSPS) is 15.8. The maximum Gasteiger partial charge on any atom is 0.222 e. The van der Waals surface area contributed by atoms with E-state index in [0.29, 0.717) is 32.5 Å². The summed E-state index contributed by atoms with van der Waals surface area (Å²) >= 11 is 3.28. The first kappa shape index (κ1) is 27.4. The van der Waals surface area contributed by atoms with Crippen LogP contribution in [0.5, 0.6) is 0 Å². The molecule has 9 heteroatoms. The van der Waals surface area contributed by atoms with Crippen molar-refractivity contribution in [1.82, 2.24) is 24.6 Å². The van der Waals surface area contributed by atoms with Crippen LogP contribution in [0.15, 0.2) is 53.0 Å². The lowest BCUT2D eigenvalue weighted by molar-refractivity contribution is -0.142. The summed E-state index contributed by atoms with van der Waals surface area (Å²) < 4.78 is 2.10. The lowest BCUT2D eigenvalue weighted by atomic mass is 10.1. The van der Waals surface area contributed by atoms with E-state index in [1.54, 1.807) is 23.1 Å². The number of carbonyl (C=O) groups excluding carboxylic acids is 2. The van der Waals surface area contributed by atoms with Crippen molar-refractivity contribution in [2.75, 3.05) is 25.4 Å². The molecule has 0 aliphatic carbocycles. The maximum atomic E-state index is 12.9. The molecule has 1 fully saturated rings. The average Bonchev–Trinajstić information content (AvgIpc) is 3.59. The van der Waals surface area contributed by atoms with Gasteiger partial charge in [-0.15, -0.1) is 21.5 Å². The third-order valence-corrected chi connectivity index (χ3v) is 8.58. The van der Waals surface area contributed by atoms with Gasteiger partial charge in [-0.2, -0.15) is 0 Å². The number of carbonyl (C=O) groups is 2. The molecular formula is C28H37N5O2S2. The minimum Gasteiger partial charge on any atom is -0.339 e. The number of piperazine rings is 1. The van der Waals surface area contributed by atoms with E-state index in [9.17, 15) is 9.59 Å². The van der Waals surface area contributed by atoms with Crippen molar-refractivity contribution in [1.29, 1.82) is 0 Å². The van der Waals surface area contributed by atoms with Crippen LogP contribution < -0.4 is 0 Å². The van der Waals surface area contributed by atoms with Crippen molar-refractivity contribution < 1.29 is 9.59 Å². The second-order valence-electron chi connectivity index (χ2n) is 9.49. The second kappa shape index (κ2) is 13.8. The van der Waals surface area contributed by atoms with Crippen LogP contribution in [0.2, 0.25) is 0 Å². The highest BCUT2D eigenvalue weighted by atomic mass is 32.2. The van der Waals surface area contributed by atoms with Gasteiger partial charge in [-0.25, -0.2) is 0 Å². The second-order valence-corrected chi connectivity index (χ2v) is 11.5. The molecule has 3 heterocycles. The van der Waals surface area contributed by atoms with E-state index in [1.807, 2.05) is 39.4 Å². The monoisotopic (exact) mass is 539 g/mol. The minimum absolute atomic E-state index is 0.0749. The molecule has 1 unspecified atom stereocenters. The summed E-state index contributed by atoms with van der Waals surface area (Å²) in [5, 5.41) is 11.8. The molecular weight excluding hydrogens is 502 g/mol. The fourth-order valence-corrected chi connectivity index (χ4v) is 6.27. The number of thioether (sulfide) groups is 1. The van der Waals surface area contributed by atoms with Crippen LogP contribution in [0.3, 0.4) is 0 Å². The standard InChI is InChI=1S/C28H37N5O2S2/c1-3-4-5-9-15-26(35)32-18-17-31(21-22(32)2)25(34)16-11-20-37-28-30-29-27(24-14-10-19-36-24)33(28)23-12-7-6-8-13-23/h6-8,10,12-14,19,22H,3-5,9,11,15-18,20-21H2,1-2H3. The zero-order valence-electron chi connectivity index (χ0n) is 21.8. The summed E-state index contributed by atoms with van der Waals surface area (Å²) in [7, 11) is 0. The molecule has 0 bridgehead atoms. The van der Waals surface area contributed by atoms with Crippen molar-refractivity contribution in [3.8, 4) is 16.4 Å². The Balaban J connectivity index is 1.26. The topological polar surface area (TPSA) is 71.3 Å². The van der Waals surface area contributed by atoms with Gasteiger partial charge in [-0.3, -0.25) is 14.2 Å². The Morgan fingerprint density at radius 2 is 1.78 bits per heavy atom. The highest BCUT2D eigenvalue weighted by Gasteiger charge is 2.29. The van der Waals surface area contributed by atoms with Gasteiger partial charge in [0, 0.05) is 50.0 Å². The Hall–Kier alpha value is -2.65. The number of benzene rings is 1. The Morgan fingerprint density at radius 3 is 2.51 bits per heavy atom. The molecule has 1 atom stereocenters. The Kier molecular flexibility index (Phi) is 10.2. The van der Waals surface area contributed by atoms with E-state index in [-0.39, 0.29) is 17.9 Å². The summed E-state index contributed by atoms with van der Waals surface area (Å²) in [5.41, 5.74) is 1.03. The van der Waals surface area contributed by atoms with Crippen molar-refractivity contribution in [3.05, 3.63) is 47.8 Å². The highest BCUT2D eigenvalue weighted by Crippen LogP contribution is 2.30. The van der Waals surface area contributed by atoms with Crippen molar-refractivity contribution in [3.63, 3.8) is 0 Å². The zero-order chi connectivity index (χ0) is 26.0. The number of hydrogen-bond acceptors (Lipinski definition) is 6. The smallest absolute Gasteiger partial charge is 0.222 e. The van der Waals surface area contributed by atoms with Crippen LogP contribution in [0.4, 0.5) is 0 Å². The maximum absolute atomic E-state index is 12.9. The Labute approximate surface area is 228 Å². The zero-order valence-corrected chi connectivity index (χ0v) is 23.5. The van der Waals surface area contributed by atoms with Crippen LogP contribution in [-0.4, -0.2) is 67.8 Å². The molecule has 1 aliphatic rings. The van der Waals surface area contributed by atoms with E-state index >= 15 is 0 Å². The van der Waals surface area contributed by atoms with E-state index in [1.165, 1.54) is 12.8 Å². The predicted molar refractivity (Wildman–Crippen MR) is 151 cm³/mol. The largest absolute Gasteiger partial charge is 0.339 e. The number of amides is 2.